The molecule has 0 bridgehead atoms. The van der Waals surface area contributed by atoms with Crippen molar-refractivity contribution in [3.05, 3.63) is 40.7 Å². The van der Waals surface area contributed by atoms with Gasteiger partial charge in [0.15, 0.2) is 0 Å². The van der Waals surface area contributed by atoms with Crippen molar-refractivity contribution < 1.29 is 4.74 Å². The van der Waals surface area contributed by atoms with Gasteiger partial charge in [-0.1, -0.05) is 35.3 Å². The molecule has 0 atom stereocenters. The number of unbranched alkanes of at least 4 members (excludes halogenated alkanes) is 1. The van der Waals surface area contributed by atoms with Crippen LogP contribution in [0.15, 0.2) is 24.8 Å². The summed E-state index contributed by atoms with van der Waals surface area (Å²) in [6.45, 7) is 4.81. The highest BCUT2D eigenvalue weighted by Gasteiger charge is 2.02. The zero-order valence-corrected chi connectivity index (χ0v) is 9.89. The van der Waals surface area contributed by atoms with E-state index in [1.54, 1.807) is 6.07 Å². The average Bonchev–Trinajstić information content (AvgIpc) is 2.20. The summed E-state index contributed by atoms with van der Waals surface area (Å²) in [5.74, 6) is 0. The summed E-state index contributed by atoms with van der Waals surface area (Å²) in [4.78, 5) is 3.92. The third kappa shape index (κ3) is 4.65. The lowest BCUT2D eigenvalue weighted by molar-refractivity contribution is 0.119. The van der Waals surface area contributed by atoms with Crippen molar-refractivity contribution in [2.75, 3.05) is 6.61 Å². The van der Waals surface area contributed by atoms with Gasteiger partial charge >= 0.3 is 0 Å². The molecule has 1 aromatic heterocycles. The Morgan fingerprint density at radius 3 is 2.87 bits per heavy atom. The number of hydrogen-bond acceptors (Lipinski definition) is 2. The normalized spacial score (nSPS) is 10.3. The Morgan fingerprint density at radius 1 is 1.40 bits per heavy atom. The molecular weight excluding hydrogens is 233 g/mol. The van der Waals surface area contributed by atoms with E-state index >= 15 is 0 Å². The summed E-state index contributed by atoms with van der Waals surface area (Å²) in [5.41, 5.74) is 0.861. The minimum atomic E-state index is 0.399. The molecule has 2 nitrogen and oxygen atoms in total. The Morgan fingerprint density at radius 2 is 2.20 bits per heavy atom. The van der Waals surface area contributed by atoms with Crippen LogP contribution in [0.25, 0.3) is 0 Å². The van der Waals surface area contributed by atoms with E-state index in [0.29, 0.717) is 23.5 Å². The van der Waals surface area contributed by atoms with E-state index in [1.165, 1.54) is 0 Å². The maximum atomic E-state index is 5.88. The van der Waals surface area contributed by atoms with Crippen LogP contribution >= 0.6 is 23.2 Å². The lowest BCUT2D eigenvalue weighted by Crippen LogP contribution is -1.97. The monoisotopic (exact) mass is 245 g/mol. The molecule has 0 radical (unpaired) electrons. The first-order valence-electron chi connectivity index (χ1n) is 4.73. The van der Waals surface area contributed by atoms with E-state index in [0.717, 1.165) is 18.4 Å². The molecule has 0 aliphatic heterocycles. The van der Waals surface area contributed by atoms with E-state index in [9.17, 15) is 0 Å². The Labute approximate surface area is 99.9 Å². The first-order valence-corrected chi connectivity index (χ1v) is 5.49. The van der Waals surface area contributed by atoms with Gasteiger partial charge in [-0.25, -0.2) is 4.98 Å². The second kappa shape index (κ2) is 6.83. The van der Waals surface area contributed by atoms with Crippen LogP contribution in [0.2, 0.25) is 10.3 Å². The van der Waals surface area contributed by atoms with Gasteiger partial charge in [0.2, 0.25) is 0 Å². The zero-order valence-electron chi connectivity index (χ0n) is 8.38. The largest absolute Gasteiger partial charge is 0.377 e. The number of halogens is 2. The molecule has 0 unspecified atom stereocenters. The van der Waals surface area contributed by atoms with Gasteiger partial charge in [0.1, 0.15) is 10.3 Å². The fraction of sp³-hybridized carbons (Fsp3) is 0.364. The van der Waals surface area contributed by atoms with Gasteiger partial charge in [-0.15, -0.1) is 6.58 Å². The Hall–Kier alpha value is -0.570. The summed E-state index contributed by atoms with van der Waals surface area (Å²) in [7, 11) is 0. The molecular formula is C11H13Cl2NO. The van der Waals surface area contributed by atoms with Crippen LogP contribution in [-0.4, -0.2) is 11.6 Å². The quantitative estimate of drug-likeness (QED) is 0.431. The molecule has 0 amide bonds. The SMILES string of the molecule is C=CCCCOCc1ccc(Cl)nc1Cl. The van der Waals surface area contributed by atoms with Gasteiger partial charge in [0.05, 0.1) is 6.61 Å². The molecule has 0 spiro atoms. The molecule has 1 aromatic rings. The summed E-state index contributed by atoms with van der Waals surface area (Å²) >= 11 is 11.5. The Kier molecular flexibility index (Phi) is 5.69. The molecule has 0 aliphatic rings. The first kappa shape index (κ1) is 12.5. The van der Waals surface area contributed by atoms with Gasteiger partial charge in [-0.2, -0.15) is 0 Å². The van der Waals surface area contributed by atoms with Crippen LogP contribution in [0, 0.1) is 0 Å². The van der Waals surface area contributed by atoms with Crippen LogP contribution in [0.3, 0.4) is 0 Å². The van der Waals surface area contributed by atoms with E-state index in [1.807, 2.05) is 12.1 Å². The van der Waals surface area contributed by atoms with Crippen LogP contribution in [-0.2, 0) is 11.3 Å². The number of hydrogen-bond donors (Lipinski definition) is 0. The van der Waals surface area contributed by atoms with Crippen molar-refractivity contribution in [1.29, 1.82) is 0 Å². The summed E-state index contributed by atoms with van der Waals surface area (Å²) < 4.78 is 5.43. The molecule has 1 rings (SSSR count). The standard InChI is InChI=1S/C11H13Cl2NO/c1-2-3-4-7-15-8-9-5-6-10(12)14-11(9)13/h2,5-6H,1,3-4,7-8H2. The number of pyridine rings is 1. The number of aromatic nitrogens is 1. The maximum Gasteiger partial charge on any atom is 0.136 e. The van der Waals surface area contributed by atoms with Crippen molar-refractivity contribution in [2.24, 2.45) is 0 Å². The van der Waals surface area contributed by atoms with Gasteiger partial charge in [-0.3, -0.25) is 0 Å². The lowest BCUT2D eigenvalue weighted by atomic mass is 10.3. The van der Waals surface area contributed by atoms with E-state index in [2.05, 4.69) is 11.6 Å². The van der Waals surface area contributed by atoms with Crippen LogP contribution in [0.4, 0.5) is 0 Å². The highest BCUT2D eigenvalue weighted by Crippen LogP contribution is 2.17. The lowest BCUT2D eigenvalue weighted by Gasteiger charge is -2.05. The molecule has 0 saturated carbocycles. The number of allylic oxidation sites excluding steroid dienone is 1. The molecule has 4 heteroatoms. The van der Waals surface area contributed by atoms with E-state index in [4.69, 9.17) is 27.9 Å². The summed E-state index contributed by atoms with van der Waals surface area (Å²) in [5, 5.41) is 0.807. The molecule has 0 aromatic carbocycles. The van der Waals surface area contributed by atoms with Crippen LogP contribution < -0.4 is 0 Å². The fourth-order valence-corrected chi connectivity index (χ4v) is 1.46. The molecule has 0 N–H and O–H groups in total. The molecule has 0 saturated heterocycles. The third-order valence-electron chi connectivity index (χ3n) is 1.85. The minimum absolute atomic E-state index is 0.399. The molecule has 15 heavy (non-hydrogen) atoms. The highest BCUT2D eigenvalue weighted by atomic mass is 35.5. The molecule has 0 fully saturated rings. The van der Waals surface area contributed by atoms with Crippen molar-refractivity contribution in [2.45, 2.75) is 19.4 Å². The summed E-state index contributed by atoms with van der Waals surface area (Å²) in [6.07, 6.45) is 3.81. The Balaban J connectivity index is 2.34. The number of ether oxygens (including phenoxy) is 1. The number of nitrogens with zero attached hydrogens (tertiary/aromatic N) is 1. The molecule has 0 aliphatic carbocycles. The van der Waals surface area contributed by atoms with Gasteiger partial charge < -0.3 is 4.74 Å². The predicted molar refractivity (Wildman–Crippen MR) is 63.3 cm³/mol. The molecule has 82 valence electrons. The summed E-state index contributed by atoms with van der Waals surface area (Å²) in [6, 6.07) is 3.53. The highest BCUT2D eigenvalue weighted by molar-refractivity contribution is 6.32. The third-order valence-corrected chi connectivity index (χ3v) is 2.38. The zero-order chi connectivity index (χ0) is 11.1. The van der Waals surface area contributed by atoms with Crippen molar-refractivity contribution >= 4 is 23.2 Å². The van der Waals surface area contributed by atoms with Crippen LogP contribution in [0.1, 0.15) is 18.4 Å². The second-order valence-corrected chi connectivity index (χ2v) is 3.81. The van der Waals surface area contributed by atoms with E-state index < -0.39 is 0 Å². The smallest absolute Gasteiger partial charge is 0.136 e. The predicted octanol–water partition coefficient (Wildman–Crippen LogP) is 3.87. The number of rotatable bonds is 6. The van der Waals surface area contributed by atoms with E-state index in [-0.39, 0.29) is 0 Å². The average molecular weight is 246 g/mol. The Bertz CT molecular complexity index is 328. The second-order valence-electron chi connectivity index (χ2n) is 3.07. The minimum Gasteiger partial charge on any atom is -0.377 e. The van der Waals surface area contributed by atoms with Crippen molar-refractivity contribution in [1.82, 2.24) is 4.98 Å². The topological polar surface area (TPSA) is 22.1 Å². The van der Waals surface area contributed by atoms with Gasteiger partial charge in [-0.05, 0) is 18.9 Å². The van der Waals surface area contributed by atoms with Gasteiger partial charge in [0.25, 0.3) is 0 Å². The molecule has 1 heterocycles. The van der Waals surface area contributed by atoms with Crippen molar-refractivity contribution in [3.63, 3.8) is 0 Å². The van der Waals surface area contributed by atoms with Crippen molar-refractivity contribution in [3.8, 4) is 0 Å². The maximum absolute atomic E-state index is 5.88. The fourth-order valence-electron chi connectivity index (χ4n) is 1.06. The van der Waals surface area contributed by atoms with Crippen LogP contribution in [0.5, 0.6) is 0 Å². The first-order chi connectivity index (χ1) is 7.24. The van der Waals surface area contributed by atoms with Gasteiger partial charge in [0, 0.05) is 12.2 Å².